The smallest absolute Gasteiger partial charge is 0.306 e. The average molecular weight is 297 g/mol. The van der Waals surface area contributed by atoms with E-state index < -0.39 is 29.0 Å². The predicted octanol–water partition coefficient (Wildman–Crippen LogP) is 3.90. The first-order valence-corrected chi connectivity index (χ1v) is 5.90. The van der Waals surface area contributed by atoms with Crippen molar-refractivity contribution in [1.29, 1.82) is 0 Å². The number of nitrogens with zero attached hydrogens (tertiary/aromatic N) is 1. The Balaban J connectivity index is 2.09. The Hall–Kier alpha value is -2.57. The number of nitro groups is 1. The third-order valence-electron chi connectivity index (χ3n) is 2.73. The molecule has 0 bridgehead atoms. The molecular weight excluding hydrogens is 287 g/mol. The van der Waals surface area contributed by atoms with Gasteiger partial charge in [0, 0.05) is 17.7 Å². The van der Waals surface area contributed by atoms with E-state index in [2.05, 4.69) is 0 Å². The number of nitro benzene ring substituents is 1. The minimum absolute atomic E-state index is 0.200. The second-order valence-corrected chi connectivity index (χ2v) is 4.23. The Kier molecular flexibility index (Phi) is 4.11. The van der Waals surface area contributed by atoms with Crippen LogP contribution in [0.25, 0.3) is 0 Å². The third-order valence-corrected chi connectivity index (χ3v) is 2.73. The van der Waals surface area contributed by atoms with Gasteiger partial charge in [0.2, 0.25) is 5.82 Å². The minimum Gasteiger partial charge on any atom is -0.487 e. The lowest BCUT2D eigenvalue weighted by atomic mass is 10.1. The highest BCUT2D eigenvalue weighted by molar-refractivity contribution is 5.38. The van der Waals surface area contributed by atoms with Crippen LogP contribution in [0.4, 0.5) is 18.9 Å². The average Bonchev–Trinajstić information content (AvgIpc) is 2.46. The number of alkyl halides is 2. The monoisotopic (exact) mass is 297 g/mol. The molecule has 0 amide bonds. The van der Waals surface area contributed by atoms with Crippen LogP contribution in [-0.4, -0.2) is 11.5 Å². The van der Waals surface area contributed by atoms with Crippen molar-refractivity contribution in [3.05, 3.63) is 70.0 Å². The van der Waals surface area contributed by atoms with E-state index in [9.17, 15) is 23.3 Å². The van der Waals surface area contributed by atoms with Crippen molar-refractivity contribution in [1.82, 2.24) is 0 Å². The van der Waals surface area contributed by atoms with Gasteiger partial charge in [-0.2, -0.15) is 13.2 Å². The summed E-state index contributed by atoms with van der Waals surface area (Å²) in [7, 11) is 0. The van der Waals surface area contributed by atoms with Gasteiger partial charge in [-0.15, -0.1) is 0 Å². The maximum absolute atomic E-state index is 13.8. The number of rotatable bonds is 5. The van der Waals surface area contributed by atoms with Crippen molar-refractivity contribution < 1.29 is 22.8 Å². The summed E-state index contributed by atoms with van der Waals surface area (Å²) in [5.41, 5.74) is -0.968. The molecule has 2 aromatic carbocycles. The molecule has 0 fully saturated rings. The molecule has 0 unspecified atom stereocenters. The van der Waals surface area contributed by atoms with Gasteiger partial charge in [0.25, 0.3) is 0 Å². The summed E-state index contributed by atoms with van der Waals surface area (Å²) in [6.45, 7) is -0.992. The van der Waals surface area contributed by atoms with Gasteiger partial charge in [0.1, 0.15) is 5.75 Å². The molecule has 2 aromatic rings. The fourth-order valence-corrected chi connectivity index (χ4v) is 1.66. The normalized spacial score (nSPS) is 11.2. The van der Waals surface area contributed by atoms with Gasteiger partial charge in [-0.1, -0.05) is 30.3 Å². The van der Waals surface area contributed by atoms with Gasteiger partial charge >= 0.3 is 11.6 Å². The van der Waals surface area contributed by atoms with Crippen molar-refractivity contribution >= 4 is 5.69 Å². The number of ether oxygens (including phenoxy) is 1. The van der Waals surface area contributed by atoms with Gasteiger partial charge < -0.3 is 4.74 Å². The van der Waals surface area contributed by atoms with Crippen LogP contribution in [-0.2, 0) is 5.92 Å². The van der Waals surface area contributed by atoms with E-state index in [1.165, 1.54) is 24.3 Å². The quantitative estimate of drug-likeness (QED) is 0.621. The minimum atomic E-state index is -3.25. The second-order valence-electron chi connectivity index (χ2n) is 4.23. The molecule has 2 rings (SSSR count). The van der Waals surface area contributed by atoms with Crippen LogP contribution in [0, 0.1) is 15.9 Å². The van der Waals surface area contributed by atoms with Crippen LogP contribution in [0.1, 0.15) is 5.56 Å². The molecule has 0 aromatic heterocycles. The van der Waals surface area contributed by atoms with E-state index in [0.717, 1.165) is 12.1 Å². The van der Waals surface area contributed by atoms with Crippen LogP contribution >= 0.6 is 0 Å². The largest absolute Gasteiger partial charge is 0.487 e. The fraction of sp³-hybridized carbons (Fsp3) is 0.143. The van der Waals surface area contributed by atoms with Gasteiger partial charge in [0.05, 0.1) is 4.92 Å². The Labute approximate surface area is 117 Å². The highest BCUT2D eigenvalue weighted by Gasteiger charge is 2.32. The summed E-state index contributed by atoms with van der Waals surface area (Å²) in [4.78, 5) is 9.53. The first-order chi connectivity index (χ1) is 9.90. The fourth-order valence-electron chi connectivity index (χ4n) is 1.66. The van der Waals surface area contributed by atoms with Crippen LogP contribution < -0.4 is 4.74 Å². The molecule has 0 aliphatic rings. The highest BCUT2D eigenvalue weighted by atomic mass is 19.3. The first kappa shape index (κ1) is 14.8. The predicted molar refractivity (Wildman–Crippen MR) is 68.9 cm³/mol. The van der Waals surface area contributed by atoms with Crippen LogP contribution in [0.5, 0.6) is 5.75 Å². The van der Waals surface area contributed by atoms with Gasteiger partial charge in [-0.25, -0.2) is 0 Å². The number of hydrogen-bond donors (Lipinski definition) is 0. The van der Waals surface area contributed by atoms with E-state index in [1.54, 1.807) is 6.07 Å². The van der Waals surface area contributed by atoms with Crippen molar-refractivity contribution in [3.8, 4) is 5.75 Å². The molecule has 7 heteroatoms. The topological polar surface area (TPSA) is 52.4 Å². The molecule has 0 atom stereocenters. The SMILES string of the molecule is O=[N+]([O-])c1ccc(OCC(F)(F)c2ccccc2)cc1F. The van der Waals surface area contributed by atoms with Gasteiger partial charge in [-0.05, 0) is 6.07 Å². The second kappa shape index (κ2) is 5.82. The Morgan fingerprint density at radius 3 is 2.38 bits per heavy atom. The summed E-state index contributed by atoms with van der Waals surface area (Å²) in [6.07, 6.45) is 0. The lowest BCUT2D eigenvalue weighted by Gasteiger charge is -2.17. The lowest BCUT2D eigenvalue weighted by molar-refractivity contribution is -0.387. The molecule has 0 heterocycles. The number of halogens is 3. The zero-order valence-electron chi connectivity index (χ0n) is 10.6. The van der Waals surface area contributed by atoms with Gasteiger partial charge in [0.15, 0.2) is 6.61 Å². The maximum atomic E-state index is 13.8. The van der Waals surface area contributed by atoms with E-state index >= 15 is 0 Å². The molecule has 0 aliphatic carbocycles. The zero-order valence-corrected chi connectivity index (χ0v) is 10.6. The van der Waals surface area contributed by atoms with Crippen LogP contribution in [0.15, 0.2) is 48.5 Å². The molecule has 0 radical (unpaired) electrons. The number of hydrogen-bond acceptors (Lipinski definition) is 3. The van der Waals surface area contributed by atoms with E-state index in [-0.39, 0.29) is 11.3 Å². The van der Waals surface area contributed by atoms with E-state index in [4.69, 9.17) is 4.74 Å². The Morgan fingerprint density at radius 2 is 1.81 bits per heavy atom. The summed E-state index contributed by atoms with van der Waals surface area (Å²) in [5, 5.41) is 10.4. The molecule has 0 saturated carbocycles. The summed E-state index contributed by atoms with van der Waals surface area (Å²) < 4.78 is 45.8. The molecule has 0 N–H and O–H groups in total. The standard InChI is InChI=1S/C14H10F3NO3/c15-12-8-11(6-7-13(12)18(19)20)21-9-14(16,17)10-4-2-1-3-5-10/h1-8H,9H2. The molecule has 4 nitrogen and oxygen atoms in total. The van der Waals surface area contributed by atoms with E-state index in [0.29, 0.717) is 6.07 Å². The van der Waals surface area contributed by atoms with Gasteiger partial charge in [-0.3, -0.25) is 10.1 Å². The highest BCUT2D eigenvalue weighted by Crippen LogP contribution is 2.29. The molecule has 0 saturated heterocycles. The maximum Gasteiger partial charge on any atom is 0.306 e. The number of benzene rings is 2. The Bertz CT molecular complexity index is 647. The summed E-state index contributed by atoms with van der Waals surface area (Å²) >= 11 is 0. The van der Waals surface area contributed by atoms with Crippen molar-refractivity contribution in [2.24, 2.45) is 0 Å². The van der Waals surface area contributed by atoms with Crippen molar-refractivity contribution in [2.45, 2.75) is 5.92 Å². The zero-order chi connectivity index (χ0) is 15.5. The van der Waals surface area contributed by atoms with Crippen LogP contribution in [0.2, 0.25) is 0 Å². The van der Waals surface area contributed by atoms with Crippen molar-refractivity contribution in [3.63, 3.8) is 0 Å². The molecular formula is C14H10F3NO3. The molecule has 0 aliphatic heterocycles. The molecule has 21 heavy (non-hydrogen) atoms. The van der Waals surface area contributed by atoms with Crippen LogP contribution in [0.3, 0.4) is 0 Å². The Morgan fingerprint density at radius 1 is 1.14 bits per heavy atom. The third kappa shape index (κ3) is 3.50. The summed E-state index contributed by atoms with van der Waals surface area (Å²) in [5.74, 6) is -4.59. The molecule has 110 valence electrons. The summed E-state index contributed by atoms with van der Waals surface area (Å²) in [6, 6.07) is 9.68. The van der Waals surface area contributed by atoms with Crippen molar-refractivity contribution in [2.75, 3.05) is 6.61 Å². The lowest BCUT2D eigenvalue weighted by Crippen LogP contribution is -2.23. The first-order valence-electron chi connectivity index (χ1n) is 5.90. The van der Waals surface area contributed by atoms with E-state index in [1.807, 2.05) is 0 Å². The molecule has 0 spiro atoms.